The van der Waals surface area contributed by atoms with Crippen molar-refractivity contribution in [2.75, 3.05) is 27.4 Å². The smallest absolute Gasteiger partial charge is 0.0770 e. The van der Waals surface area contributed by atoms with E-state index in [9.17, 15) is 0 Å². The molecule has 0 aliphatic rings. The topological polar surface area (TPSA) is 18.5 Å². The van der Waals surface area contributed by atoms with Gasteiger partial charge in [0, 0.05) is 21.4 Å². The molecule has 0 aliphatic carbocycles. The van der Waals surface area contributed by atoms with Crippen LogP contribution in [0.5, 0.6) is 0 Å². The van der Waals surface area contributed by atoms with Crippen molar-refractivity contribution in [2.24, 2.45) is 0 Å². The summed E-state index contributed by atoms with van der Waals surface area (Å²) >= 11 is 4.50. The van der Waals surface area contributed by atoms with E-state index in [0.29, 0.717) is 13.2 Å². The van der Waals surface area contributed by atoms with Crippen molar-refractivity contribution >= 4 is 45.2 Å². The van der Waals surface area contributed by atoms with Gasteiger partial charge in [-0.2, -0.15) is 0 Å². The van der Waals surface area contributed by atoms with Gasteiger partial charge >= 0.3 is 0 Å². The molecule has 0 fully saturated rings. The van der Waals surface area contributed by atoms with E-state index in [4.69, 9.17) is 9.47 Å². The Balaban J connectivity index is 3.89. The summed E-state index contributed by atoms with van der Waals surface area (Å²) in [5.41, 5.74) is 0. The van der Waals surface area contributed by atoms with Gasteiger partial charge in [0.15, 0.2) is 0 Å². The van der Waals surface area contributed by atoms with Crippen molar-refractivity contribution in [3.8, 4) is 0 Å². The Hall–Kier alpha value is 0.860. The Bertz CT molecular complexity index is 156. The number of hydrogen-bond donors (Lipinski definition) is 0. The maximum atomic E-state index is 4.96. The number of allylic oxidation sites excluding steroid dienone is 2. The molecule has 0 spiro atoms. The predicted octanol–water partition coefficient (Wildman–Crippen LogP) is 2.92. The van der Waals surface area contributed by atoms with Crippen LogP contribution < -0.4 is 0 Å². The van der Waals surface area contributed by atoms with Crippen LogP contribution in [0.25, 0.3) is 0 Å². The molecule has 0 aromatic carbocycles. The first-order valence-electron chi connectivity index (χ1n) is 3.39. The first-order valence-corrected chi connectivity index (χ1v) is 5.55. The van der Waals surface area contributed by atoms with E-state index in [2.05, 4.69) is 45.2 Å². The summed E-state index contributed by atoms with van der Waals surface area (Å²) < 4.78 is 12.3. The molecule has 0 rings (SSSR count). The molecule has 0 N–H and O–H groups in total. The number of halogens is 2. The zero-order valence-electron chi connectivity index (χ0n) is 7.14. The Morgan fingerprint density at radius 3 is 1.58 bits per heavy atom. The van der Waals surface area contributed by atoms with Crippen LogP contribution >= 0.6 is 45.2 Å². The third-order valence-electron chi connectivity index (χ3n) is 1.01. The van der Waals surface area contributed by atoms with Crippen molar-refractivity contribution in [1.82, 2.24) is 0 Å². The first-order chi connectivity index (χ1) is 5.70. The van der Waals surface area contributed by atoms with Gasteiger partial charge in [-0.3, -0.25) is 0 Å². The van der Waals surface area contributed by atoms with Gasteiger partial charge in [0.1, 0.15) is 0 Å². The van der Waals surface area contributed by atoms with Gasteiger partial charge in [-0.1, -0.05) is 0 Å². The normalized spacial score (nSPS) is 13.7. The lowest BCUT2D eigenvalue weighted by molar-refractivity contribution is 0.232. The largest absolute Gasteiger partial charge is 0.380 e. The molecule has 0 aromatic heterocycles. The molecule has 0 saturated carbocycles. The fourth-order valence-electron chi connectivity index (χ4n) is 0.553. The molecule has 0 atom stereocenters. The first kappa shape index (κ1) is 12.9. The zero-order chi connectivity index (χ0) is 9.40. The summed E-state index contributed by atoms with van der Waals surface area (Å²) in [5.74, 6) is 0. The fourth-order valence-corrected chi connectivity index (χ4v) is 1.54. The van der Waals surface area contributed by atoms with Crippen LogP contribution in [0.2, 0.25) is 0 Å². The molecular formula is C8H12I2O2. The Kier molecular flexibility index (Phi) is 9.06. The Morgan fingerprint density at radius 1 is 1.00 bits per heavy atom. The van der Waals surface area contributed by atoms with Gasteiger partial charge < -0.3 is 9.47 Å². The van der Waals surface area contributed by atoms with Crippen LogP contribution in [0, 0.1) is 0 Å². The monoisotopic (exact) mass is 394 g/mol. The van der Waals surface area contributed by atoms with E-state index in [1.165, 1.54) is 7.16 Å². The number of rotatable bonds is 5. The molecule has 0 aliphatic heterocycles. The molecule has 0 amide bonds. The van der Waals surface area contributed by atoms with Gasteiger partial charge in [-0.15, -0.1) is 0 Å². The fraction of sp³-hybridized carbons (Fsp3) is 0.500. The van der Waals surface area contributed by atoms with Crippen LogP contribution in [0.15, 0.2) is 19.3 Å². The van der Waals surface area contributed by atoms with E-state index in [1.807, 2.05) is 12.2 Å². The van der Waals surface area contributed by atoms with Crippen molar-refractivity contribution in [3.63, 3.8) is 0 Å². The predicted molar refractivity (Wildman–Crippen MR) is 68.0 cm³/mol. The second kappa shape index (κ2) is 8.46. The van der Waals surface area contributed by atoms with E-state index in [1.54, 1.807) is 14.2 Å². The lowest BCUT2D eigenvalue weighted by atomic mass is 10.4. The summed E-state index contributed by atoms with van der Waals surface area (Å²) in [6, 6.07) is 0. The zero-order valence-corrected chi connectivity index (χ0v) is 11.5. The second-order valence-electron chi connectivity index (χ2n) is 2.09. The molecule has 0 aromatic rings. The molecular weight excluding hydrogens is 382 g/mol. The molecule has 12 heavy (non-hydrogen) atoms. The minimum Gasteiger partial charge on any atom is -0.380 e. The molecule has 4 heteroatoms. The Labute approximate surface area is 101 Å². The van der Waals surface area contributed by atoms with Gasteiger partial charge in [0.05, 0.1) is 13.2 Å². The summed E-state index contributed by atoms with van der Waals surface area (Å²) in [6.45, 7) is 1.35. The van der Waals surface area contributed by atoms with E-state index in [0.717, 1.165) is 0 Å². The highest BCUT2D eigenvalue weighted by molar-refractivity contribution is 14.1. The van der Waals surface area contributed by atoms with Crippen LogP contribution in [0.3, 0.4) is 0 Å². The van der Waals surface area contributed by atoms with Gasteiger partial charge in [-0.25, -0.2) is 0 Å². The SMILES string of the molecule is COC/C(I)=C/C=C(\I)COC. The third kappa shape index (κ3) is 7.51. The summed E-state index contributed by atoms with van der Waals surface area (Å²) in [6.07, 6.45) is 4.07. The molecule has 2 nitrogen and oxygen atoms in total. The van der Waals surface area contributed by atoms with E-state index < -0.39 is 0 Å². The standard InChI is InChI=1S/C8H12I2O2/c1-11-5-7(9)3-4-8(10)6-12-2/h3-4H,5-6H2,1-2H3/b7-3-,8-4-. The quantitative estimate of drug-likeness (QED) is 0.528. The highest BCUT2D eigenvalue weighted by Gasteiger charge is 1.89. The molecule has 0 unspecified atom stereocenters. The lowest BCUT2D eigenvalue weighted by Gasteiger charge is -1.96. The van der Waals surface area contributed by atoms with Crippen molar-refractivity contribution < 1.29 is 9.47 Å². The lowest BCUT2D eigenvalue weighted by Crippen LogP contribution is -1.87. The molecule has 70 valence electrons. The van der Waals surface area contributed by atoms with Gasteiger partial charge in [0.25, 0.3) is 0 Å². The summed E-state index contributed by atoms with van der Waals surface area (Å²) in [4.78, 5) is 0. The van der Waals surface area contributed by atoms with Crippen molar-refractivity contribution in [3.05, 3.63) is 19.3 Å². The molecule has 0 saturated heterocycles. The van der Waals surface area contributed by atoms with Gasteiger partial charge in [0.2, 0.25) is 0 Å². The van der Waals surface area contributed by atoms with E-state index in [-0.39, 0.29) is 0 Å². The van der Waals surface area contributed by atoms with Crippen LogP contribution in [0.1, 0.15) is 0 Å². The van der Waals surface area contributed by atoms with Crippen molar-refractivity contribution in [2.45, 2.75) is 0 Å². The number of hydrogen-bond acceptors (Lipinski definition) is 2. The number of ether oxygens (including phenoxy) is 2. The average Bonchev–Trinajstić information content (AvgIpc) is 2.02. The van der Waals surface area contributed by atoms with Crippen LogP contribution in [-0.4, -0.2) is 27.4 Å². The Morgan fingerprint density at radius 2 is 1.33 bits per heavy atom. The molecule has 0 radical (unpaired) electrons. The van der Waals surface area contributed by atoms with Gasteiger partial charge in [-0.05, 0) is 57.3 Å². The van der Waals surface area contributed by atoms with Crippen LogP contribution in [0.4, 0.5) is 0 Å². The molecule has 0 bridgehead atoms. The second-order valence-corrected chi connectivity index (χ2v) is 4.86. The minimum absolute atomic E-state index is 0.675. The maximum Gasteiger partial charge on any atom is 0.0770 e. The average molecular weight is 394 g/mol. The minimum atomic E-state index is 0.675. The summed E-state index contributed by atoms with van der Waals surface area (Å²) in [5, 5.41) is 0. The van der Waals surface area contributed by atoms with Crippen LogP contribution in [-0.2, 0) is 9.47 Å². The maximum absolute atomic E-state index is 4.96. The highest BCUT2D eigenvalue weighted by atomic mass is 127. The van der Waals surface area contributed by atoms with Crippen molar-refractivity contribution in [1.29, 1.82) is 0 Å². The summed E-state index contributed by atoms with van der Waals surface area (Å²) in [7, 11) is 3.38. The van der Waals surface area contributed by atoms with E-state index >= 15 is 0 Å². The number of methoxy groups -OCH3 is 2. The molecule has 0 heterocycles. The highest BCUT2D eigenvalue weighted by Crippen LogP contribution is 2.10. The third-order valence-corrected chi connectivity index (χ3v) is 2.35.